The van der Waals surface area contributed by atoms with E-state index < -0.39 is 9.84 Å². The van der Waals surface area contributed by atoms with Crippen LogP contribution in [0.3, 0.4) is 0 Å². The second kappa shape index (κ2) is 7.04. The summed E-state index contributed by atoms with van der Waals surface area (Å²) in [5.74, 6) is 0.646. The molecule has 1 heterocycles. The van der Waals surface area contributed by atoms with Crippen molar-refractivity contribution in [1.29, 1.82) is 0 Å². The monoisotopic (exact) mass is 337 g/mol. The van der Waals surface area contributed by atoms with Crippen molar-refractivity contribution in [1.82, 2.24) is 4.90 Å². The van der Waals surface area contributed by atoms with Gasteiger partial charge in [-0.2, -0.15) is 0 Å². The van der Waals surface area contributed by atoms with E-state index in [4.69, 9.17) is 0 Å². The smallest absolute Gasteiger partial charge is 0.225 e. The Morgan fingerprint density at radius 2 is 1.78 bits per heavy atom. The Morgan fingerprint density at radius 3 is 2.22 bits per heavy atom. The summed E-state index contributed by atoms with van der Waals surface area (Å²) in [7, 11) is -3.00. The minimum Gasteiger partial charge on any atom is -0.334 e. The van der Waals surface area contributed by atoms with Gasteiger partial charge in [0.25, 0.3) is 0 Å². The number of carbonyl (C=O) groups is 1. The van der Waals surface area contributed by atoms with E-state index in [1.807, 2.05) is 26.0 Å². The molecule has 23 heavy (non-hydrogen) atoms. The Kier molecular flexibility index (Phi) is 5.50. The van der Waals surface area contributed by atoms with Crippen LogP contribution in [0.1, 0.15) is 51.2 Å². The van der Waals surface area contributed by atoms with Gasteiger partial charge >= 0.3 is 0 Å². The highest BCUT2D eigenvalue weighted by Gasteiger charge is 2.35. The van der Waals surface area contributed by atoms with Crippen LogP contribution in [0.4, 0.5) is 0 Å². The fraction of sp³-hybridized carbons (Fsp3) is 0.611. The molecule has 0 saturated carbocycles. The molecule has 0 spiro atoms. The lowest BCUT2D eigenvalue weighted by Crippen LogP contribution is -2.42. The number of hydrogen-bond donors (Lipinski definition) is 0. The summed E-state index contributed by atoms with van der Waals surface area (Å²) in [6.07, 6.45) is 0.546. The van der Waals surface area contributed by atoms with Crippen molar-refractivity contribution in [2.75, 3.05) is 11.5 Å². The third-order valence-electron chi connectivity index (χ3n) is 4.43. The molecule has 1 atom stereocenters. The number of rotatable bonds is 5. The molecule has 0 radical (unpaired) electrons. The van der Waals surface area contributed by atoms with Gasteiger partial charge in [-0.25, -0.2) is 8.42 Å². The minimum absolute atomic E-state index is 0.0278. The maximum atomic E-state index is 12.6. The molecular formula is C18H27NO3S. The molecule has 1 aliphatic heterocycles. The van der Waals surface area contributed by atoms with Crippen LogP contribution in [0.2, 0.25) is 0 Å². The quantitative estimate of drug-likeness (QED) is 0.830. The third kappa shape index (κ3) is 4.56. The Labute approximate surface area is 139 Å². The average molecular weight is 337 g/mol. The summed E-state index contributed by atoms with van der Waals surface area (Å²) >= 11 is 0. The summed E-state index contributed by atoms with van der Waals surface area (Å²) < 4.78 is 23.5. The molecule has 1 aliphatic rings. The maximum Gasteiger partial charge on any atom is 0.225 e. The van der Waals surface area contributed by atoms with Crippen molar-refractivity contribution < 1.29 is 13.2 Å². The number of nitrogens with zero attached hydrogens (tertiary/aromatic N) is 1. The number of sulfone groups is 1. The summed E-state index contributed by atoms with van der Waals surface area (Å²) in [5, 5.41) is 0. The van der Waals surface area contributed by atoms with Crippen molar-refractivity contribution in [2.45, 2.75) is 52.6 Å². The summed E-state index contributed by atoms with van der Waals surface area (Å²) in [4.78, 5) is 14.3. The zero-order valence-electron chi connectivity index (χ0n) is 14.5. The molecule has 5 heteroatoms. The average Bonchev–Trinajstić information content (AvgIpc) is 2.84. The SMILES string of the molecule is CC(C)C(=O)N(Cc1ccc(C(C)C)cc1)[C@H]1CCS(=O)(=O)C1. The van der Waals surface area contributed by atoms with E-state index in [1.54, 1.807) is 4.90 Å². The number of hydrogen-bond acceptors (Lipinski definition) is 3. The van der Waals surface area contributed by atoms with Gasteiger partial charge in [0.05, 0.1) is 11.5 Å². The summed E-state index contributed by atoms with van der Waals surface area (Å²) in [6.45, 7) is 8.50. The van der Waals surface area contributed by atoms with Gasteiger partial charge in [-0.3, -0.25) is 4.79 Å². The van der Waals surface area contributed by atoms with Crippen LogP contribution in [0.5, 0.6) is 0 Å². The highest BCUT2D eigenvalue weighted by molar-refractivity contribution is 7.91. The molecule has 0 unspecified atom stereocenters. The number of benzene rings is 1. The molecule has 0 bridgehead atoms. The first kappa shape index (κ1) is 18.0. The fourth-order valence-electron chi connectivity index (χ4n) is 2.94. The molecule has 1 saturated heterocycles. The van der Waals surface area contributed by atoms with Gasteiger partial charge in [0, 0.05) is 18.5 Å². The Bertz CT molecular complexity index is 647. The van der Waals surface area contributed by atoms with E-state index in [9.17, 15) is 13.2 Å². The molecule has 0 aliphatic carbocycles. The predicted octanol–water partition coefficient (Wildman–Crippen LogP) is 2.98. The molecular weight excluding hydrogens is 310 g/mol. The number of amides is 1. The van der Waals surface area contributed by atoms with Crippen molar-refractivity contribution in [3.63, 3.8) is 0 Å². The van der Waals surface area contributed by atoms with E-state index in [2.05, 4.69) is 26.0 Å². The second-order valence-corrected chi connectivity index (χ2v) is 9.30. The summed E-state index contributed by atoms with van der Waals surface area (Å²) in [5.41, 5.74) is 2.31. The van der Waals surface area contributed by atoms with E-state index >= 15 is 0 Å². The zero-order valence-corrected chi connectivity index (χ0v) is 15.3. The van der Waals surface area contributed by atoms with Crippen LogP contribution >= 0.6 is 0 Å². The van der Waals surface area contributed by atoms with Gasteiger partial charge in [0.2, 0.25) is 5.91 Å². The van der Waals surface area contributed by atoms with Crippen LogP contribution in [0.25, 0.3) is 0 Å². The number of carbonyl (C=O) groups excluding carboxylic acids is 1. The molecule has 128 valence electrons. The highest BCUT2D eigenvalue weighted by Crippen LogP contribution is 2.23. The van der Waals surface area contributed by atoms with E-state index in [-0.39, 0.29) is 29.4 Å². The lowest BCUT2D eigenvalue weighted by molar-refractivity contribution is -0.137. The van der Waals surface area contributed by atoms with Crippen molar-refractivity contribution in [3.8, 4) is 0 Å². The third-order valence-corrected chi connectivity index (χ3v) is 6.18. The highest BCUT2D eigenvalue weighted by atomic mass is 32.2. The van der Waals surface area contributed by atoms with E-state index in [0.29, 0.717) is 18.9 Å². The topological polar surface area (TPSA) is 54.5 Å². The van der Waals surface area contributed by atoms with Crippen molar-refractivity contribution in [3.05, 3.63) is 35.4 Å². The van der Waals surface area contributed by atoms with Crippen LogP contribution in [-0.2, 0) is 21.2 Å². The Hall–Kier alpha value is -1.36. The van der Waals surface area contributed by atoms with Crippen LogP contribution in [0, 0.1) is 5.92 Å². The maximum absolute atomic E-state index is 12.6. The van der Waals surface area contributed by atoms with E-state index in [1.165, 1.54) is 5.56 Å². The van der Waals surface area contributed by atoms with Gasteiger partial charge < -0.3 is 4.90 Å². The molecule has 4 nitrogen and oxygen atoms in total. The molecule has 0 aromatic heterocycles. The van der Waals surface area contributed by atoms with Gasteiger partial charge in [-0.1, -0.05) is 52.0 Å². The Balaban J connectivity index is 2.19. The van der Waals surface area contributed by atoms with Crippen LogP contribution < -0.4 is 0 Å². The zero-order chi connectivity index (χ0) is 17.2. The second-order valence-electron chi connectivity index (χ2n) is 7.07. The molecule has 1 aromatic carbocycles. The first-order valence-corrected chi connectivity index (χ1v) is 10.1. The van der Waals surface area contributed by atoms with Gasteiger partial charge in [-0.05, 0) is 23.5 Å². The van der Waals surface area contributed by atoms with Gasteiger partial charge in [0.15, 0.2) is 9.84 Å². The minimum atomic E-state index is -3.00. The molecule has 1 aromatic rings. The van der Waals surface area contributed by atoms with Gasteiger partial charge in [-0.15, -0.1) is 0 Å². The van der Waals surface area contributed by atoms with Crippen molar-refractivity contribution in [2.24, 2.45) is 5.92 Å². The van der Waals surface area contributed by atoms with Crippen molar-refractivity contribution >= 4 is 15.7 Å². The fourth-order valence-corrected chi connectivity index (χ4v) is 4.68. The molecule has 1 amide bonds. The predicted molar refractivity (Wildman–Crippen MR) is 93.0 cm³/mol. The van der Waals surface area contributed by atoms with Gasteiger partial charge in [0.1, 0.15) is 0 Å². The first-order chi connectivity index (χ1) is 10.7. The molecule has 0 N–H and O–H groups in total. The summed E-state index contributed by atoms with van der Waals surface area (Å²) in [6, 6.07) is 8.06. The first-order valence-electron chi connectivity index (χ1n) is 8.29. The van der Waals surface area contributed by atoms with E-state index in [0.717, 1.165) is 5.56 Å². The van der Waals surface area contributed by atoms with Crippen LogP contribution in [-0.4, -0.2) is 36.8 Å². The molecule has 1 fully saturated rings. The molecule has 2 rings (SSSR count). The normalized spacial score (nSPS) is 20.2. The Morgan fingerprint density at radius 1 is 1.17 bits per heavy atom. The standard InChI is InChI=1S/C18H27NO3S/c1-13(2)16-7-5-15(6-8-16)11-19(18(20)14(3)4)17-9-10-23(21,22)12-17/h5-8,13-14,17H,9-12H2,1-4H3/t17-/m0/s1. The lowest BCUT2D eigenvalue weighted by Gasteiger charge is -2.30. The largest absolute Gasteiger partial charge is 0.334 e. The lowest BCUT2D eigenvalue weighted by atomic mass is 10.0. The van der Waals surface area contributed by atoms with Crippen LogP contribution in [0.15, 0.2) is 24.3 Å².